The van der Waals surface area contributed by atoms with Crippen molar-refractivity contribution in [3.8, 4) is 11.5 Å². The minimum Gasteiger partial charge on any atom is -0.493 e. The van der Waals surface area contributed by atoms with Crippen molar-refractivity contribution < 1.29 is 14.2 Å². The number of hydrogen-bond acceptors (Lipinski definition) is 4. The molecule has 4 heteroatoms. The van der Waals surface area contributed by atoms with Crippen LogP contribution in [0.1, 0.15) is 63.9 Å². The van der Waals surface area contributed by atoms with Gasteiger partial charge in [-0.25, -0.2) is 0 Å². The maximum absolute atomic E-state index is 6.08. The first-order chi connectivity index (χ1) is 12.3. The fourth-order valence-electron chi connectivity index (χ4n) is 3.23. The summed E-state index contributed by atoms with van der Waals surface area (Å²) in [5, 5.41) is 3.55. The molecule has 1 atom stereocenters. The molecule has 0 radical (unpaired) electrons. The molecular formula is C21H35NO3. The van der Waals surface area contributed by atoms with Crippen LogP contribution in [0.3, 0.4) is 0 Å². The van der Waals surface area contributed by atoms with Crippen molar-refractivity contribution in [2.45, 2.75) is 70.9 Å². The van der Waals surface area contributed by atoms with Crippen LogP contribution in [0.2, 0.25) is 0 Å². The second kappa shape index (κ2) is 12.2. The Balaban J connectivity index is 1.76. The molecule has 0 bridgehead atoms. The van der Waals surface area contributed by atoms with Gasteiger partial charge in [0.05, 0.1) is 13.2 Å². The van der Waals surface area contributed by atoms with Gasteiger partial charge in [0.1, 0.15) is 6.61 Å². The van der Waals surface area contributed by atoms with Gasteiger partial charge in [-0.1, -0.05) is 51.2 Å². The smallest absolute Gasteiger partial charge is 0.165 e. The largest absolute Gasteiger partial charge is 0.493 e. The molecule has 1 aliphatic rings. The lowest BCUT2D eigenvalue weighted by Gasteiger charge is -2.17. The molecule has 0 saturated carbocycles. The zero-order valence-corrected chi connectivity index (χ0v) is 16.0. The highest BCUT2D eigenvalue weighted by molar-refractivity contribution is 5.46. The summed E-state index contributed by atoms with van der Waals surface area (Å²) in [4.78, 5) is 0. The molecule has 1 aromatic carbocycles. The molecule has 0 amide bonds. The maximum atomic E-state index is 6.08. The van der Waals surface area contributed by atoms with Gasteiger partial charge in [0.2, 0.25) is 0 Å². The third-order valence-corrected chi connectivity index (χ3v) is 4.74. The Labute approximate surface area is 153 Å². The third-order valence-electron chi connectivity index (χ3n) is 4.74. The van der Waals surface area contributed by atoms with Crippen LogP contribution in [0.25, 0.3) is 0 Å². The van der Waals surface area contributed by atoms with E-state index in [0.717, 1.165) is 49.6 Å². The molecule has 1 aliphatic heterocycles. The molecule has 0 aliphatic carbocycles. The van der Waals surface area contributed by atoms with E-state index in [1.54, 1.807) is 7.11 Å². The zero-order chi connectivity index (χ0) is 17.7. The standard InChI is InChI=1S/C21H35NO3/c1-3-4-5-6-7-8-14-22-16-18-11-9-13-20(23-2)21(18)25-17-19-12-10-15-24-19/h9,11,13,19,22H,3-8,10,12,14-17H2,1-2H3. The second-order valence-electron chi connectivity index (χ2n) is 6.84. The highest BCUT2D eigenvalue weighted by Crippen LogP contribution is 2.31. The van der Waals surface area contributed by atoms with Gasteiger partial charge >= 0.3 is 0 Å². The molecule has 1 N–H and O–H groups in total. The van der Waals surface area contributed by atoms with E-state index in [0.29, 0.717) is 6.61 Å². The van der Waals surface area contributed by atoms with Crippen molar-refractivity contribution in [2.24, 2.45) is 0 Å². The number of unbranched alkanes of at least 4 members (excludes halogenated alkanes) is 5. The zero-order valence-electron chi connectivity index (χ0n) is 16.0. The lowest BCUT2D eigenvalue weighted by atomic mass is 10.1. The number of benzene rings is 1. The highest BCUT2D eigenvalue weighted by atomic mass is 16.5. The molecular weight excluding hydrogens is 314 g/mol. The summed E-state index contributed by atoms with van der Waals surface area (Å²) in [6.07, 6.45) is 10.4. The van der Waals surface area contributed by atoms with Crippen molar-refractivity contribution in [2.75, 3.05) is 26.9 Å². The number of nitrogens with one attached hydrogen (secondary N) is 1. The number of ether oxygens (including phenoxy) is 3. The van der Waals surface area contributed by atoms with Gasteiger partial charge in [-0.2, -0.15) is 0 Å². The highest BCUT2D eigenvalue weighted by Gasteiger charge is 2.18. The molecule has 1 fully saturated rings. The van der Waals surface area contributed by atoms with Crippen molar-refractivity contribution in [3.63, 3.8) is 0 Å². The Bertz CT molecular complexity index is 472. The minimum atomic E-state index is 0.217. The molecule has 0 aromatic heterocycles. The molecule has 1 heterocycles. The molecule has 1 saturated heterocycles. The Kier molecular flexibility index (Phi) is 9.75. The average molecular weight is 350 g/mol. The molecule has 1 aromatic rings. The number of para-hydroxylation sites is 1. The van der Waals surface area contributed by atoms with E-state index in [-0.39, 0.29) is 6.10 Å². The summed E-state index contributed by atoms with van der Waals surface area (Å²) >= 11 is 0. The topological polar surface area (TPSA) is 39.7 Å². The van der Waals surface area contributed by atoms with Crippen molar-refractivity contribution in [3.05, 3.63) is 23.8 Å². The van der Waals surface area contributed by atoms with Crippen molar-refractivity contribution in [1.29, 1.82) is 0 Å². The van der Waals surface area contributed by atoms with Crippen LogP contribution in [0.15, 0.2) is 18.2 Å². The number of hydrogen-bond donors (Lipinski definition) is 1. The fraction of sp³-hybridized carbons (Fsp3) is 0.714. The first-order valence-corrected chi connectivity index (χ1v) is 9.96. The number of rotatable bonds is 13. The minimum absolute atomic E-state index is 0.217. The van der Waals surface area contributed by atoms with Gasteiger partial charge < -0.3 is 19.5 Å². The quantitative estimate of drug-likeness (QED) is 0.524. The molecule has 1 unspecified atom stereocenters. The second-order valence-corrected chi connectivity index (χ2v) is 6.84. The Morgan fingerprint density at radius 1 is 1.16 bits per heavy atom. The van der Waals surface area contributed by atoms with Crippen LogP contribution in [-0.2, 0) is 11.3 Å². The lowest BCUT2D eigenvalue weighted by molar-refractivity contribution is 0.0666. The SMILES string of the molecule is CCCCCCCCNCc1cccc(OC)c1OCC1CCCO1. The predicted molar refractivity (Wildman–Crippen MR) is 103 cm³/mol. The van der Waals surface area contributed by atoms with E-state index < -0.39 is 0 Å². The monoisotopic (exact) mass is 349 g/mol. The Hall–Kier alpha value is -1.26. The Morgan fingerprint density at radius 3 is 2.76 bits per heavy atom. The molecule has 142 valence electrons. The van der Waals surface area contributed by atoms with Gasteiger partial charge in [0.25, 0.3) is 0 Å². The van der Waals surface area contributed by atoms with Crippen LogP contribution in [-0.4, -0.2) is 33.0 Å². The van der Waals surface area contributed by atoms with Gasteiger partial charge in [0, 0.05) is 18.7 Å². The lowest BCUT2D eigenvalue weighted by Crippen LogP contribution is -2.19. The van der Waals surface area contributed by atoms with E-state index in [2.05, 4.69) is 18.3 Å². The van der Waals surface area contributed by atoms with Gasteiger partial charge in [-0.05, 0) is 31.9 Å². The molecule has 25 heavy (non-hydrogen) atoms. The average Bonchev–Trinajstić information content (AvgIpc) is 3.16. The first-order valence-electron chi connectivity index (χ1n) is 9.96. The van der Waals surface area contributed by atoms with E-state index in [1.807, 2.05) is 12.1 Å². The Morgan fingerprint density at radius 2 is 2.00 bits per heavy atom. The summed E-state index contributed by atoms with van der Waals surface area (Å²) in [7, 11) is 1.70. The summed E-state index contributed by atoms with van der Waals surface area (Å²) in [6.45, 7) is 5.58. The van der Waals surface area contributed by atoms with Gasteiger partial charge in [-0.15, -0.1) is 0 Å². The van der Waals surface area contributed by atoms with E-state index in [1.165, 1.54) is 38.5 Å². The summed E-state index contributed by atoms with van der Waals surface area (Å²) in [6, 6.07) is 6.10. The van der Waals surface area contributed by atoms with Crippen LogP contribution in [0.5, 0.6) is 11.5 Å². The normalized spacial score (nSPS) is 17.0. The van der Waals surface area contributed by atoms with E-state index >= 15 is 0 Å². The molecule has 0 spiro atoms. The van der Waals surface area contributed by atoms with Crippen LogP contribution in [0, 0.1) is 0 Å². The van der Waals surface area contributed by atoms with Gasteiger partial charge in [-0.3, -0.25) is 0 Å². The van der Waals surface area contributed by atoms with Crippen LogP contribution >= 0.6 is 0 Å². The first kappa shape index (κ1) is 20.1. The summed E-state index contributed by atoms with van der Waals surface area (Å²) in [5.41, 5.74) is 1.16. The third kappa shape index (κ3) is 7.25. The maximum Gasteiger partial charge on any atom is 0.165 e. The molecule has 2 rings (SSSR count). The summed E-state index contributed by atoms with van der Waals surface area (Å²) < 4.78 is 17.2. The van der Waals surface area contributed by atoms with Crippen LogP contribution < -0.4 is 14.8 Å². The number of methoxy groups -OCH3 is 1. The summed E-state index contributed by atoms with van der Waals surface area (Å²) in [5.74, 6) is 1.66. The fourth-order valence-corrected chi connectivity index (χ4v) is 3.23. The van der Waals surface area contributed by atoms with Crippen molar-refractivity contribution in [1.82, 2.24) is 5.32 Å². The van der Waals surface area contributed by atoms with E-state index in [9.17, 15) is 0 Å². The van der Waals surface area contributed by atoms with Gasteiger partial charge in [0.15, 0.2) is 11.5 Å². The molecule has 4 nitrogen and oxygen atoms in total. The van der Waals surface area contributed by atoms with Crippen LogP contribution in [0.4, 0.5) is 0 Å². The van der Waals surface area contributed by atoms with E-state index in [4.69, 9.17) is 14.2 Å². The predicted octanol–water partition coefficient (Wildman–Crippen LogP) is 4.70. The van der Waals surface area contributed by atoms with Crippen molar-refractivity contribution >= 4 is 0 Å².